The molecule has 0 saturated heterocycles. The smallest absolute Gasteiger partial charge is 0.0541 e. The lowest BCUT2D eigenvalue weighted by Gasteiger charge is -2.18. The van der Waals surface area contributed by atoms with E-state index in [0.717, 1.165) is 0 Å². The van der Waals surface area contributed by atoms with Gasteiger partial charge in [-0.15, -0.1) is 0 Å². The third-order valence-corrected chi connectivity index (χ3v) is 30.1. The zero-order valence-corrected chi connectivity index (χ0v) is 80.3. The monoisotopic (exact) mass is 1830 g/mol. The van der Waals surface area contributed by atoms with Crippen LogP contribution in [0.25, 0.3) is 264 Å². The fourth-order valence-corrected chi connectivity index (χ4v) is 23.3. The first-order valence-corrected chi connectivity index (χ1v) is 50.0. The minimum Gasteiger partial charge on any atom is -0.309 e. The fourth-order valence-electron chi connectivity index (χ4n) is 23.3. The summed E-state index contributed by atoms with van der Waals surface area (Å²) in [5, 5.41) is 20.1. The lowest BCUT2D eigenvalue weighted by atomic mass is 9.85. The van der Waals surface area contributed by atoms with E-state index in [9.17, 15) is 0 Å². The summed E-state index contributed by atoms with van der Waals surface area (Å²) in [6.45, 7) is 8.64. The second-order valence-corrected chi connectivity index (χ2v) is 38.8. The Morgan fingerprint density at radius 3 is 0.431 bits per heavy atom. The van der Waals surface area contributed by atoms with Crippen LogP contribution in [0.2, 0.25) is 0 Å². The number of nitrogens with zero attached hydrogens (tertiary/aromatic N) is 4. The van der Waals surface area contributed by atoms with E-state index in [0.29, 0.717) is 0 Å². The molecule has 0 aliphatic heterocycles. The molecule has 0 bridgehead atoms. The Morgan fingerprint density at radius 1 is 0.104 bits per heavy atom. The van der Waals surface area contributed by atoms with Gasteiger partial charge in [-0.3, -0.25) is 0 Å². The maximum atomic E-state index is 2.40. The number of benzene rings is 24. The van der Waals surface area contributed by atoms with Crippen molar-refractivity contribution in [3.63, 3.8) is 0 Å². The molecule has 0 saturated carbocycles. The second kappa shape index (κ2) is 34.8. The first kappa shape index (κ1) is 84.8. The number of aromatic nitrogens is 4. The fraction of sp³-hybridized carbons (Fsp3) is 0.0286. The van der Waals surface area contributed by atoms with Crippen LogP contribution in [0.4, 0.5) is 0 Å². The molecular formula is C140H96N4. The standard InChI is InChI=1S/C76H52N2.C64H44N2/c1-49-13-11-15-61(45-49)77-71-23-9-7-17-63(71)69-47-59(41-43-73(69)77)55-29-25-51(26-30-55)53-33-37-57(38-34-53)75-65-19-3-5-21-67(65)76(68-22-6-4-20-66(68)75)58-39-35-54(36-40-58)52-27-31-56(32-28-52)60-42-44-74-70(48-60)64-18-8-10-24-72(64)78(74)62-16-12-14-50(2)46-62;1-41-13-11-15-49(37-41)65-59-23-9-7-17-51(59)57-39-47(33-35-61(57)65)43-25-29-45(30-26-43)63-53-19-3-5-21-55(53)64(56-22-6-4-20-54(56)63)46-31-27-44(28-32-46)48-34-36-62-58(40-48)52-18-8-10-24-60(52)66(62)50-16-12-14-42(2)38-50/h3-48H,1-2H3;3-40H,1-2H3. The lowest BCUT2D eigenvalue weighted by molar-refractivity contribution is 1.17. The van der Waals surface area contributed by atoms with Crippen molar-refractivity contribution in [3.05, 3.63) is 532 Å². The highest BCUT2D eigenvalue weighted by molar-refractivity contribution is 6.24. The highest BCUT2D eigenvalue weighted by atomic mass is 15.0. The topological polar surface area (TPSA) is 19.7 Å². The zero-order valence-electron chi connectivity index (χ0n) is 80.3. The summed E-state index contributed by atoms with van der Waals surface area (Å²) in [5.74, 6) is 0. The predicted octanol–water partition coefficient (Wildman–Crippen LogP) is 38.3. The molecule has 28 rings (SSSR count). The molecule has 0 amide bonds. The van der Waals surface area contributed by atoms with Gasteiger partial charge in [-0.25, -0.2) is 0 Å². The minimum atomic E-state index is 1.19. The molecule has 24 aromatic carbocycles. The molecule has 0 spiro atoms. The third-order valence-electron chi connectivity index (χ3n) is 30.1. The molecule has 4 nitrogen and oxygen atoms in total. The summed E-state index contributed by atoms with van der Waals surface area (Å²) in [5.41, 5.74) is 43.9. The molecule has 676 valence electrons. The van der Waals surface area contributed by atoms with Gasteiger partial charge < -0.3 is 18.3 Å². The molecule has 4 aromatic heterocycles. The summed E-state index contributed by atoms with van der Waals surface area (Å²) < 4.78 is 9.57. The van der Waals surface area contributed by atoms with Crippen LogP contribution in [0.1, 0.15) is 22.3 Å². The average Bonchev–Trinajstić information content (AvgIpc) is 1.53. The predicted molar refractivity (Wildman–Crippen MR) is 614 cm³/mol. The SMILES string of the molecule is Cc1cccc(-n2c3ccccc3c3cc(-c4ccc(-c5c6ccccc6c(-c6ccc(-c7ccc8c(c7)c7ccccc7n8-c7cccc(C)c7)cc6)c6ccccc56)cc4)ccc32)c1.Cc1cccc(-n2c3ccccc3c3cc(-c4ccc(-c5ccc(-c6c7ccccc7c(-c7ccc(-c8ccc(-c9ccc%10c(c9)c9ccccc9n%10-c9cccc(C)c9)cc8)cc7)c7ccccc67)cc5)cc4)ccc32)c1. The van der Waals surface area contributed by atoms with Gasteiger partial charge in [0.05, 0.1) is 44.1 Å². The molecule has 0 aliphatic carbocycles. The van der Waals surface area contributed by atoms with E-state index in [2.05, 4.69) is 556 Å². The lowest BCUT2D eigenvalue weighted by Crippen LogP contribution is -1.94. The number of fused-ring (bicyclic) bond motifs is 16. The molecule has 0 atom stereocenters. The van der Waals surface area contributed by atoms with Crippen LogP contribution in [-0.4, -0.2) is 18.3 Å². The van der Waals surface area contributed by atoms with Gasteiger partial charge in [-0.2, -0.15) is 0 Å². The molecule has 0 unspecified atom stereocenters. The Labute approximate surface area is 836 Å². The molecule has 0 N–H and O–H groups in total. The first-order chi connectivity index (χ1) is 71.0. The van der Waals surface area contributed by atoms with E-state index in [-0.39, 0.29) is 0 Å². The number of para-hydroxylation sites is 4. The molecule has 4 heterocycles. The largest absolute Gasteiger partial charge is 0.309 e. The van der Waals surface area contributed by atoms with Crippen LogP contribution < -0.4 is 0 Å². The van der Waals surface area contributed by atoms with Crippen molar-refractivity contribution in [2.45, 2.75) is 27.7 Å². The summed E-state index contributed by atoms with van der Waals surface area (Å²) in [4.78, 5) is 0. The van der Waals surface area contributed by atoms with Crippen LogP contribution in [0, 0.1) is 27.7 Å². The van der Waals surface area contributed by atoms with Crippen LogP contribution in [0.5, 0.6) is 0 Å². The molecule has 0 radical (unpaired) electrons. The Hall–Kier alpha value is -18.5. The Morgan fingerprint density at radius 2 is 0.250 bits per heavy atom. The quantitative estimate of drug-likeness (QED) is 0.0967. The van der Waals surface area contributed by atoms with Gasteiger partial charge in [-0.1, -0.05) is 388 Å². The van der Waals surface area contributed by atoms with Gasteiger partial charge in [-0.05, 0) is 326 Å². The number of hydrogen-bond donors (Lipinski definition) is 0. The van der Waals surface area contributed by atoms with Gasteiger partial charge in [0.25, 0.3) is 0 Å². The van der Waals surface area contributed by atoms with Crippen molar-refractivity contribution >= 4 is 130 Å². The van der Waals surface area contributed by atoms with Crippen molar-refractivity contribution in [3.8, 4) is 134 Å². The molecule has 0 fully saturated rings. The van der Waals surface area contributed by atoms with Crippen LogP contribution in [0.15, 0.2) is 510 Å². The van der Waals surface area contributed by atoms with E-state index < -0.39 is 0 Å². The molecule has 0 aliphatic rings. The normalized spacial score (nSPS) is 11.8. The van der Waals surface area contributed by atoms with Gasteiger partial charge in [0, 0.05) is 65.8 Å². The van der Waals surface area contributed by atoms with E-state index in [4.69, 9.17) is 0 Å². The van der Waals surface area contributed by atoms with E-state index in [1.165, 1.54) is 287 Å². The van der Waals surface area contributed by atoms with Gasteiger partial charge in [0.15, 0.2) is 0 Å². The van der Waals surface area contributed by atoms with Crippen LogP contribution >= 0.6 is 0 Å². The van der Waals surface area contributed by atoms with Gasteiger partial charge in [0.1, 0.15) is 0 Å². The number of rotatable bonds is 14. The Balaban J connectivity index is 0.000000145. The highest BCUT2D eigenvalue weighted by Crippen LogP contribution is 2.50. The van der Waals surface area contributed by atoms with E-state index >= 15 is 0 Å². The van der Waals surface area contributed by atoms with E-state index in [1.54, 1.807) is 0 Å². The Kier molecular flexibility index (Phi) is 20.5. The van der Waals surface area contributed by atoms with Gasteiger partial charge in [0.2, 0.25) is 0 Å². The zero-order chi connectivity index (χ0) is 95.7. The molecule has 144 heavy (non-hydrogen) atoms. The summed E-state index contributed by atoms with van der Waals surface area (Å²) in [6.07, 6.45) is 0. The van der Waals surface area contributed by atoms with Crippen LogP contribution in [0.3, 0.4) is 0 Å². The maximum absolute atomic E-state index is 2.40. The van der Waals surface area contributed by atoms with Crippen molar-refractivity contribution in [2.24, 2.45) is 0 Å². The maximum Gasteiger partial charge on any atom is 0.0541 e. The Bertz CT molecular complexity index is 9330. The van der Waals surface area contributed by atoms with E-state index in [1.807, 2.05) is 0 Å². The summed E-state index contributed by atoms with van der Waals surface area (Å²) in [7, 11) is 0. The second-order valence-electron chi connectivity index (χ2n) is 38.8. The average molecular weight is 1830 g/mol. The summed E-state index contributed by atoms with van der Waals surface area (Å²) in [6, 6.07) is 188. The molecule has 28 aromatic rings. The third kappa shape index (κ3) is 14.5. The minimum absolute atomic E-state index is 1.19. The number of aryl methyl sites for hydroxylation is 4. The molecular weight excluding hydrogens is 1740 g/mol. The highest BCUT2D eigenvalue weighted by Gasteiger charge is 2.25. The van der Waals surface area contributed by atoms with Crippen molar-refractivity contribution in [2.75, 3.05) is 0 Å². The number of hydrogen-bond acceptors (Lipinski definition) is 0. The molecule has 4 heteroatoms. The van der Waals surface area contributed by atoms with Crippen molar-refractivity contribution in [1.82, 2.24) is 18.3 Å². The van der Waals surface area contributed by atoms with Crippen molar-refractivity contribution < 1.29 is 0 Å². The first-order valence-electron chi connectivity index (χ1n) is 50.0. The van der Waals surface area contributed by atoms with Crippen molar-refractivity contribution in [1.29, 1.82) is 0 Å². The summed E-state index contributed by atoms with van der Waals surface area (Å²) >= 11 is 0. The van der Waals surface area contributed by atoms with Crippen LogP contribution in [-0.2, 0) is 0 Å². The van der Waals surface area contributed by atoms with Gasteiger partial charge >= 0.3 is 0 Å².